The van der Waals surface area contributed by atoms with Crippen LogP contribution in [0.3, 0.4) is 0 Å². The number of aryl methyl sites for hydroxylation is 1. The maximum absolute atomic E-state index is 13.4. The van der Waals surface area contributed by atoms with Gasteiger partial charge in [0.25, 0.3) is 0 Å². The Kier molecular flexibility index (Phi) is 3.34. The van der Waals surface area contributed by atoms with Crippen molar-refractivity contribution >= 4 is 6.29 Å². The molecule has 1 unspecified atom stereocenters. The highest BCUT2D eigenvalue weighted by Gasteiger charge is 2.17. The zero-order chi connectivity index (χ0) is 11.5. The van der Waals surface area contributed by atoms with Crippen molar-refractivity contribution in [2.45, 2.75) is 32.2 Å². The molecule has 1 N–H and O–H groups in total. The van der Waals surface area contributed by atoms with Crippen LogP contribution in [0.5, 0.6) is 0 Å². The Bertz CT molecular complexity index is 397. The Hall–Kier alpha value is -1.22. The van der Waals surface area contributed by atoms with Crippen LogP contribution in [-0.2, 0) is 6.42 Å². The Morgan fingerprint density at radius 1 is 1.56 bits per heavy atom. The molecule has 0 saturated carbocycles. The highest BCUT2D eigenvalue weighted by molar-refractivity contribution is 5.77. The smallest absolute Gasteiger partial charge is 0.150 e. The van der Waals surface area contributed by atoms with Crippen molar-refractivity contribution in [2.75, 3.05) is 6.54 Å². The van der Waals surface area contributed by atoms with Crippen molar-refractivity contribution < 1.29 is 9.18 Å². The summed E-state index contributed by atoms with van der Waals surface area (Å²) in [6.45, 7) is 2.70. The zero-order valence-electron chi connectivity index (χ0n) is 9.42. The predicted octanol–water partition coefficient (Wildman–Crippen LogP) is 2.24. The van der Waals surface area contributed by atoms with E-state index in [0.29, 0.717) is 17.2 Å². The topological polar surface area (TPSA) is 29.1 Å². The van der Waals surface area contributed by atoms with Crippen LogP contribution in [0.1, 0.15) is 34.3 Å². The number of carbonyl (C=O) groups excluding carboxylic acids is 1. The first-order valence-corrected chi connectivity index (χ1v) is 5.68. The van der Waals surface area contributed by atoms with Crippen LogP contribution in [0.4, 0.5) is 4.39 Å². The van der Waals surface area contributed by atoms with Gasteiger partial charge in [-0.25, -0.2) is 4.39 Å². The van der Waals surface area contributed by atoms with Gasteiger partial charge in [0, 0.05) is 11.6 Å². The second-order valence-electron chi connectivity index (χ2n) is 4.42. The third kappa shape index (κ3) is 2.30. The fraction of sp³-hybridized carbons (Fsp3) is 0.462. The van der Waals surface area contributed by atoms with Gasteiger partial charge in [-0.2, -0.15) is 0 Å². The molecule has 2 nitrogen and oxygen atoms in total. The maximum atomic E-state index is 13.4. The lowest BCUT2D eigenvalue weighted by Gasteiger charge is -2.12. The Morgan fingerprint density at radius 2 is 2.38 bits per heavy atom. The van der Waals surface area contributed by atoms with Crippen molar-refractivity contribution in [1.29, 1.82) is 0 Å². The van der Waals surface area contributed by atoms with Crippen LogP contribution in [-0.4, -0.2) is 18.9 Å². The second-order valence-corrected chi connectivity index (χ2v) is 4.42. The van der Waals surface area contributed by atoms with Gasteiger partial charge in [0.05, 0.1) is 0 Å². The Balaban J connectivity index is 2.24. The number of aldehydes is 1. The molecule has 1 fully saturated rings. The number of carbonyl (C=O) groups is 1. The molecule has 1 aromatic carbocycles. The van der Waals surface area contributed by atoms with Gasteiger partial charge in [-0.3, -0.25) is 4.79 Å². The number of hydrogen-bond acceptors (Lipinski definition) is 2. The highest BCUT2D eigenvalue weighted by Crippen LogP contribution is 2.18. The van der Waals surface area contributed by atoms with Crippen LogP contribution < -0.4 is 5.32 Å². The third-order valence-electron chi connectivity index (χ3n) is 3.18. The first kappa shape index (κ1) is 11.3. The van der Waals surface area contributed by atoms with Crippen molar-refractivity contribution in [3.05, 3.63) is 34.6 Å². The van der Waals surface area contributed by atoms with Gasteiger partial charge >= 0.3 is 0 Å². The van der Waals surface area contributed by atoms with E-state index in [2.05, 4.69) is 5.32 Å². The van der Waals surface area contributed by atoms with E-state index in [1.54, 1.807) is 13.0 Å². The summed E-state index contributed by atoms with van der Waals surface area (Å²) in [6, 6.07) is 3.52. The summed E-state index contributed by atoms with van der Waals surface area (Å²) >= 11 is 0. The molecule has 1 atom stereocenters. The lowest BCUT2D eigenvalue weighted by Crippen LogP contribution is -2.24. The SMILES string of the molecule is Cc1cc(C=O)c(CC2CCCN2)cc1F. The minimum Gasteiger partial charge on any atom is -0.314 e. The predicted molar refractivity (Wildman–Crippen MR) is 61.3 cm³/mol. The molecule has 0 bridgehead atoms. The molecule has 0 spiro atoms. The average molecular weight is 221 g/mol. The largest absolute Gasteiger partial charge is 0.314 e. The third-order valence-corrected chi connectivity index (χ3v) is 3.18. The molecule has 1 aliphatic rings. The molecule has 0 radical (unpaired) electrons. The van der Waals surface area contributed by atoms with Gasteiger partial charge in [0.2, 0.25) is 0 Å². The molecule has 16 heavy (non-hydrogen) atoms. The summed E-state index contributed by atoms with van der Waals surface area (Å²) in [4.78, 5) is 10.9. The zero-order valence-corrected chi connectivity index (χ0v) is 9.42. The molecule has 0 amide bonds. The summed E-state index contributed by atoms with van der Waals surface area (Å²) in [5, 5.41) is 3.35. The number of hydrogen-bond donors (Lipinski definition) is 1. The van der Waals surface area contributed by atoms with Gasteiger partial charge < -0.3 is 5.32 Å². The lowest BCUT2D eigenvalue weighted by atomic mass is 9.98. The fourth-order valence-electron chi connectivity index (χ4n) is 2.23. The van der Waals surface area contributed by atoms with Crippen LogP contribution >= 0.6 is 0 Å². The van der Waals surface area contributed by atoms with E-state index in [-0.39, 0.29) is 5.82 Å². The summed E-state index contributed by atoms with van der Waals surface area (Å²) in [5.74, 6) is -0.224. The van der Waals surface area contributed by atoms with Crippen LogP contribution in [0, 0.1) is 12.7 Å². The molecule has 0 aliphatic carbocycles. The first-order valence-electron chi connectivity index (χ1n) is 5.68. The van der Waals surface area contributed by atoms with E-state index in [1.807, 2.05) is 0 Å². The van der Waals surface area contributed by atoms with Gasteiger partial charge in [0.1, 0.15) is 12.1 Å². The molecular weight excluding hydrogens is 205 g/mol. The van der Waals surface area contributed by atoms with Crippen LogP contribution in [0.25, 0.3) is 0 Å². The standard InChI is InChI=1S/C13H16FNO/c1-9-5-11(8-16)10(7-13(9)14)6-12-3-2-4-15-12/h5,7-8,12,15H,2-4,6H2,1H3. The van der Waals surface area contributed by atoms with E-state index in [1.165, 1.54) is 6.07 Å². The Morgan fingerprint density at radius 3 is 3.00 bits per heavy atom. The summed E-state index contributed by atoms with van der Waals surface area (Å²) in [7, 11) is 0. The van der Waals surface area contributed by atoms with E-state index < -0.39 is 0 Å². The molecule has 0 aromatic heterocycles. The van der Waals surface area contributed by atoms with Crippen molar-refractivity contribution in [2.24, 2.45) is 0 Å². The lowest BCUT2D eigenvalue weighted by molar-refractivity contribution is 0.112. The molecule has 1 heterocycles. The van der Waals surface area contributed by atoms with Crippen molar-refractivity contribution in [3.8, 4) is 0 Å². The molecule has 1 aliphatic heterocycles. The summed E-state index contributed by atoms with van der Waals surface area (Å²) < 4.78 is 13.4. The first-order chi connectivity index (χ1) is 7.70. The van der Waals surface area contributed by atoms with E-state index in [0.717, 1.165) is 37.7 Å². The van der Waals surface area contributed by atoms with Crippen LogP contribution in [0.2, 0.25) is 0 Å². The molecular formula is C13H16FNO. The van der Waals surface area contributed by atoms with Gasteiger partial charge in [0.15, 0.2) is 0 Å². The van der Waals surface area contributed by atoms with Crippen molar-refractivity contribution in [1.82, 2.24) is 5.32 Å². The minimum atomic E-state index is -0.224. The fourth-order valence-corrected chi connectivity index (χ4v) is 2.23. The van der Waals surface area contributed by atoms with E-state index in [4.69, 9.17) is 0 Å². The van der Waals surface area contributed by atoms with Gasteiger partial charge in [-0.15, -0.1) is 0 Å². The number of halogens is 1. The molecule has 1 aromatic rings. The van der Waals surface area contributed by atoms with Gasteiger partial charge in [-0.05, 0) is 56.0 Å². The summed E-state index contributed by atoms with van der Waals surface area (Å²) in [5.41, 5.74) is 1.97. The molecule has 3 heteroatoms. The summed E-state index contributed by atoms with van der Waals surface area (Å²) in [6.07, 6.45) is 3.82. The van der Waals surface area contributed by atoms with E-state index in [9.17, 15) is 9.18 Å². The molecule has 1 saturated heterocycles. The maximum Gasteiger partial charge on any atom is 0.150 e. The molecule has 2 rings (SSSR count). The average Bonchev–Trinajstić information content (AvgIpc) is 2.76. The van der Waals surface area contributed by atoms with Crippen LogP contribution in [0.15, 0.2) is 12.1 Å². The minimum absolute atomic E-state index is 0.224. The van der Waals surface area contributed by atoms with Gasteiger partial charge in [-0.1, -0.05) is 0 Å². The number of rotatable bonds is 3. The highest BCUT2D eigenvalue weighted by atomic mass is 19.1. The molecule has 86 valence electrons. The normalized spacial score (nSPS) is 20.0. The monoisotopic (exact) mass is 221 g/mol. The van der Waals surface area contributed by atoms with Crippen molar-refractivity contribution in [3.63, 3.8) is 0 Å². The second kappa shape index (κ2) is 4.74. The van der Waals surface area contributed by atoms with E-state index >= 15 is 0 Å². The quantitative estimate of drug-likeness (QED) is 0.793. The Labute approximate surface area is 94.9 Å². The number of benzene rings is 1. The number of nitrogens with one attached hydrogen (secondary N) is 1.